The zero-order chi connectivity index (χ0) is 31.9. The van der Waals surface area contributed by atoms with Gasteiger partial charge in [0.1, 0.15) is 6.61 Å². The Morgan fingerprint density at radius 3 is 2.04 bits per heavy atom. The van der Waals surface area contributed by atoms with Gasteiger partial charge in [-0.1, -0.05) is 90.5 Å². The van der Waals surface area contributed by atoms with Crippen LogP contribution < -0.4 is 14.9 Å². The number of hydrogen-bond acceptors (Lipinski definition) is 4. The highest BCUT2D eigenvalue weighted by Gasteiger charge is 2.15. The van der Waals surface area contributed by atoms with Crippen molar-refractivity contribution in [2.45, 2.75) is 6.61 Å². The molecule has 0 saturated carbocycles. The number of amides is 1. The summed E-state index contributed by atoms with van der Waals surface area (Å²) in [6, 6.07) is 43.6. The van der Waals surface area contributed by atoms with Gasteiger partial charge in [-0.25, -0.2) is 5.43 Å². The van der Waals surface area contributed by atoms with E-state index in [4.69, 9.17) is 21.1 Å². The first-order valence-electron chi connectivity index (χ1n) is 14.5. The second kappa shape index (κ2) is 14.5. The predicted octanol–water partition coefficient (Wildman–Crippen LogP) is 9.42. The van der Waals surface area contributed by atoms with Crippen molar-refractivity contribution in [2.24, 2.45) is 5.10 Å². The Bertz CT molecular complexity index is 1940. The number of benzene rings is 5. The number of carbonyl (C=O) groups excluding carboxylic acids is 1. The molecule has 5 aromatic carbocycles. The molecule has 6 rings (SSSR count). The van der Waals surface area contributed by atoms with Crippen molar-refractivity contribution in [3.8, 4) is 39.7 Å². The second-order valence-corrected chi connectivity index (χ2v) is 11.9. The summed E-state index contributed by atoms with van der Waals surface area (Å²) >= 11 is 8.47. The molecule has 0 aliphatic rings. The van der Waals surface area contributed by atoms with Crippen molar-refractivity contribution in [3.63, 3.8) is 0 Å². The van der Waals surface area contributed by atoms with Gasteiger partial charge < -0.3 is 14.0 Å². The second-order valence-electron chi connectivity index (χ2n) is 10.3. The van der Waals surface area contributed by atoms with Crippen LogP contribution in [0.2, 0.25) is 5.02 Å². The van der Waals surface area contributed by atoms with Gasteiger partial charge in [0.2, 0.25) is 0 Å². The van der Waals surface area contributed by atoms with Gasteiger partial charge in [-0.2, -0.15) is 5.10 Å². The van der Waals surface area contributed by atoms with Gasteiger partial charge in [0.15, 0.2) is 11.5 Å². The Morgan fingerprint density at radius 2 is 1.43 bits per heavy atom. The van der Waals surface area contributed by atoms with E-state index in [1.807, 2.05) is 78.9 Å². The Kier molecular flexibility index (Phi) is 9.81. The van der Waals surface area contributed by atoms with Crippen molar-refractivity contribution < 1.29 is 14.3 Å². The maximum atomic E-state index is 13.0. The molecule has 1 N–H and O–H groups in total. The normalized spacial score (nSPS) is 11.0. The lowest BCUT2D eigenvalue weighted by Crippen LogP contribution is -2.17. The third-order valence-corrected chi connectivity index (χ3v) is 8.54. The van der Waals surface area contributed by atoms with Crippen molar-refractivity contribution in [1.29, 1.82) is 0 Å². The zero-order valence-corrected chi connectivity index (χ0v) is 27.8. The summed E-state index contributed by atoms with van der Waals surface area (Å²) in [5.41, 5.74) is 10.0. The summed E-state index contributed by atoms with van der Waals surface area (Å²) in [4.78, 5) is 13.0. The molecule has 0 aliphatic heterocycles. The van der Waals surface area contributed by atoms with Crippen LogP contribution in [0.4, 0.5) is 0 Å². The van der Waals surface area contributed by atoms with Crippen LogP contribution >= 0.6 is 34.2 Å². The first-order valence-corrected chi connectivity index (χ1v) is 16.0. The number of hydrogen-bond donors (Lipinski definition) is 1. The van der Waals surface area contributed by atoms with E-state index >= 15 is 0 Å². The third kappa shape index (κ3) is 7.01. The van der Waals surface area contributed by atoms with Crippen molar-refractivity contribution in [2.75, 3.05) is 7.11 Å². The number of nitrogens with one attached hydrogen (secondary N) is 1. The molecule has 0 saturated heterocycles. The number of nitrogens with zero attached hydrogens (tertiary/aromatic N) is 2. The number of halogens is 2. The molecular weight excluding hydrogens is 709 g/mol. The summed E-state index contributed by atoms with van der Waals surface area (Å²) in [5.74, 6) is 0.845. The topological polar surface area (TPSA) is 64.8 Å². The van der Waals surface area contributed by atoms with Gasteiger partial charge in [-0.15, -0.1) is 0 Å². The number of rotatable bonds is 10. The molecule has 228 valence electrons. The first kappa shape index (κ1) is 31.1. The first-order chi connectivity index (χ1) is 22.5. The maximum absolute atomic E-state index is 13.0. The average Bonchev–Trinajstić information content (AvgIpc) is 3.54. The summed E-state index contributed by atoms with van der Waals surface area (Å²) in [6.07, 6.45) is 1.58. The van der Waals surface area contributed by atoms with E-state index in [2.05, 4.69) is 74.1 Å². The lowest BCUT2D eigenvalue weighted by molar-refractivity contribution is 0.0955. The molecule has 1 heterocycles. The lowest BCUT2D eigenvalue weighted by Gasteiger charge is -2.15. The highest BCUT2D eigenvalue weighted by atomic mass is 127. The Balaban J connectivity index is 1.17. The van der Waals surface area contributed by atoms with Crippen LogP contribution in [0.5, 0.6) is 11.5 Å². The maximum Gasteiger partial charge on any atom is 0.271 e. The quantitative estimate of drug-likeness (QED) is 0.0866. The predicted molar refractivity (Wildman–Crippen MR) is 193 cm³/mol. The molecule has 6 aromatic rings. The Morgan fingerprint density at radius 1 is 0.826 bits per heavy atom. The molecule has 0 bridgehead atoms. The number of hydrazone groups is 1. The number of ether oxygens (including phenoxy) is 2. The number of aromatic nitrogens is 1. The number of methoxy groups -OCH3 is 1. The Labute approximate surface area is 286 Å². The van der Waals surface area contributed by atoms with Gasteiger partial charge in [0.05, 0.1) is 28.3 Å². The molecule has 0 fully saturated rings. The highest BCUT2D eigenvalue weighted by molar-refractivity contribution is 14.1. The fraction of sp³-hybridized carbons (Fsp3) is 0.0526. The molecular formula is C38H29ClIN3O3. The van der Waals surface area contributed by atoms with E-state index < -0.39 is 0 Å². The third-order valence-electron chi connectivity index (χ3n) is 7.37. The largest absolute Gasteiger partial charge is 0.493 e. The van der Waals surface area contributed by atoms with E-state index in [1.54, 1.807) is 31.5 Å². The van der Waals surface area contributed by atoms with Crippen LogP contribution in [0.25, 0.3) is 28.2 Å². The fourth-order valence-electron chi connectivity index (χ4n) is 5.09. The molecule has 0 aliphatic carbocycles. The standard InChI is InChI=1S/C38H29ClIN3O3/c1-45-36-23-26(22-33(40)37(36)46-25-30-14-8-9-15-32(30)39)24-41-42-38(44)29-16-18-31(19-17-29)43-34(27-10-4-2-5-11-27)20-21-35(43)28-12-6-3-7-13-28/h2-24H,25H2,1H3,(H,42,44)/b41-24-. The lowest BCUT2D eigenvalue weighted by atomic mass is 10.1. The van der Waals surface area contributed by atoms with E-state index in [0.717, 1.165) is 42.9 Å². The number of carbonyl (C=O) groups is 1. The van der Waals surface area contributed by atoms with Crippen LogP contribution in [0, 0.1) is 3.57 Å². The molecule has 1 aromatic heterocycles. The van der Waals surface area contributed by atoms with Gasteiger partial charge in [-0.3, -0.25) is 4.79 Å². The molecule has 8 heteroatoms. The minimum atomic E-state index is -0.316. The minimum absolute atomic E-state index is 0.305. The van der Waals surface area contributed by atoms with E-state index in [0.29, 0.717) is 28.7 Å². The molecule has 6 nitrogen and oxygen atoms in total. The summed E-state index contributed by atoms with van der Waals surface area (Å²) in [5, 5.41) is 4.85. The van der Waals surface area contributed by atoms with Gasteiger partial charge in [0.25, 0.3) is 5.91 Å². The van der Waals surface area contributed by atoms with Crippen LogP contribution in [-0.4, -0.2) is 23.8 Å². The fourth-order valence-corrected chi connectivity index (χ4v) is 6.07. The summed E-state index contributed by atoms with van der Waals surface area (Å²) in [7, 11) is 1.58. The van der Waals surface area contributed by atoms with Crippen LogP contribution in [0.15, 0.2) is 139 Å². The summed E-state index contributed by atoms with van der Waals surface area (Å²) < 4.78 is 14.7. The average molecular weight is 738 g/mol. The zero-order valence-electron chi connectivity index (χ0n) is 24.9. The van der Waals surface area contributed by atoms with Crippen LogP contribution in [0.1, 0.15) is 21.5 Å². The van der Waals surface area contributed by atoms with E-state index in [9.17, 15) is 4.79 Å². The monoisotopic (exact) mass is 737 g/mol. The van der Waals surface area contributed by atoms with Gasteiger partial charge in [0, 0.05) is 21.8 Å². The van der Waals surface area contributed by atoms with Crippen LogP contribution in [0.3, 0.4) is 0 Å². The smallest absolute Gasteiger partial charge is 0.271 e. The summed E-state index contributed by atoms with van der Waals surface area (Å²) in [6.45, 7) is 0.305. The van der Waals surface area contributed by atoms with Crippen molar-refractivity contribution in [3.05, 3.63) is 159 Å². The van der Waals surface area contributed by atoms with Crippen molar-refractivity contribution in [1.82, 2.24) is 9.99 Å². The minimum Gasteiger partial charge on any atom is -0.493 e. The molecule has 0 unspecified atom stereocenters. The van der Waals surface area contributed by atoms with E-state index in [1.165, 1.54) is 0 Å². The Hall–Kier alpha value is -4.86. The van der Waals surface area contributed by atoms with Crippen molar-refractivity contribution >= 4 is 46.3 Å². The SMILES string of the molecule is COc1cc(/C=N\NC(=O)c2ccc(-n3c(-c4ccccc4)ccc3-c3ccccc3)cc2)cc(I)c1OCc1ccccc1Cl. The molecule has 0 atom stereocenters. The molecule has 46 heavy (non-hydrogen) atoms. The van der Waals surface area contributed by atoms with Crippen LogP contribution in [-0.2, 0) is 6.61 Å². The molecule has 0 radical (unpaired) electrons. The van der Waals surface area contributed by atoms with Gasteiger partial charge >= 0.3 is 0 Å². The molecule has 1 amide bonds. The van der Waals surface area contributed by atoms with E-state index in [-0.39, 0.29) is 5.91 Å². The molecule has 0 spiro atoms. The highest BCUT2D eigenvalue weighted by Crippen LogP contribution is 2.35. The van der Waals surface area contributed by atoms with Gasteiger partial charge in [-0.05, 0) is 93.9 Å².